The fourth-order valence-electron chi connectivity index (χ4n) is 0.512. The summed E-state index contributed by atoms with van der Waals surface area (Å²) in [5.41, 5.74) is 1.37. The van der Waals surface area contributed by atoms with Gasteiger partial charge in [0.1, 0.15) is 0 Å². The quantitative estimate of drug-likeness (QED) is 0.511. The number of thioether (sulfide) groups is 1. The van der Waals surface area contributed by atoms with Crippen molar-refractivity contribution in [2.45, 2.75) is 12.2 Å². The van der Waals surface area contributed by atoms with Crippen molar-refractivity contribution < 1.29 is 18.2 Å². The van der Waals surface area contributed by atoms with E-state index in [2.05, 4.69) is 4.99 Å². The fourth-order valence-corrected chi connectivity index (χ4v) is 1.35. The van der Waals surface area contributed by atoms with Crippen LogP contribution in [-0.2, 0) is 0 Å². The van der Waals surface area contributed by atoms with Crippen LogP contribution in [0.25, 0.3) is 0 Å². The molecule has 0 spiro atoms. The first kappa shape index (κ1) is 6.92. The maximum Gasteiger partial charge on any atom is 0.452 e. The minimum atomic E-state index is -4.08. The fraction of sp³-hybridized carbons (Fsp3) is 0.750. The Hall–Kier alpha value is -0.190. The van der Waals surface area contributed by atoms with E-state index in [0.29, 0.717) is 0 Å². The molecule has 0 amide bonds. The molecule has 0 saturated carbocycles. The van der Waals surface area contributed by atoms with Gasteiger partial charge < -0.3 is 0 Å². The SMILES string of the molecule is FC(F)(F)C1CSC=[NH+]1. The Kier molecular flexibility index (Phi) is 1.70. The molecular formula is C4H5F3NS+. The Morgan fingerprint density at radius 1 is 1.56 bits per heavy atom. The average molecular weight is 156 g/mol. The average Bonchev–Trinajstić information content (AvgIpc) is 2.08. The molecule has 1 atom stereocenters. The summed E-state index contributed by atoms with van der Waals surface area (Å²) in [4.78, 5) is 2.21. The Morgan fingerprint density at radius 3 is 2.44 bits per heavy atom. The van der Waals surface area contributed by atoms with Crippen molar-refractivity contribution in [3.63, 3.8) is 0 Å². The highest BCUT2D eigenvalue weighted by Gasteiger charge is 2.45. The maximum absolute atomic E-state index is 11.7. The summed E-state index contributed by atoms with van der Waals surface area (Å²) in [7, 11) is 0. The van der Waals surface area contributed by atoms with Crippen molar-refractivity contribution in [1.82, 2.24) is 0 Å². The third-order valence-electron chi connectivity index (χ3n) is 1.01. The van der Waals surface area contributed by atoms with Crippen molar-refractivity contribution in [2.24, 2.45) is 0 Å². The van der Waals surface area contributed by atoms with Crippen molar-refractivity contribution in [3.05, 3.63) is 0 Å². The highest BCUT2D eigenvalue weighted by atomic mass is 32.2. The third kappa shape index (κ3) is 1.61. The minimum Gasteiger partial charge on any atom is -0.230 e. The molecule has 1 unspecified atom stereocenters. The molecule has 0 radical (unpaired) electrons. The zero-order chi connectivity index (χ0) is 6.91. The topological polar surface area (TPSA) is 14.0 Å². The standard InChI is InChI=1S/C4H4F3NS/c5-4(6,7)3-1-9-2-8-3/h2-3H,1H2/p+1. The van der Waals surface area contributed by atoms with E-state index in [1.165, 1.54) is 5.55 Å². The van der Waals surface area contributed by atoms with Gasteiger partial charge in [0.2, 0.25) is 0 Å². The van der Waals surface area contributed by atoms with E-state index in [1.807, 2.05) is 0 Å². The van der Waals surface area contributed by atoms with Crippen molar-refractivity contribution in [1.29, 1.82) is 0 Å². The number of halogens is 3. The van der Waals surface area contributed by atoms with Gasteiger partial charge in [0, 0.05) is 0 Å². The summed E-state index contributed by atoms with van der Waals surface area (Å²) in [5.74, 6) is 0.101. The van der Waals surface area contributed by atoms with Crippen LogP contribution in [0.15, 0.2) is 0 Å². The number of rotatable bonds is 0. The molecule has 0 fully saturated rings. The molecule has 0 aromatic heterocycles. The Balaban J connectivity index is 2.53. The lowest BCUT2D eigenvalue weighted by Crippen LogP contribution is -2.78. The largest absolute Gasteiger partial charge is 0.452 e. The second-order valence-electron chi connectivity index (χ2n) is 1.71. The molecule has 0 bridgehead atoms. The summed E-state index contributed by atoms with van der Waals surface area (Å²) in [5, 5.41) is 0. The van der Waals surface area contributed by atoms with Crippen LogP contribution in [-0.4, -0.2) is 23.5 Å². The number of nitrogens with one attached hydrogen (secondary N) is 1. The van der Waals surface area contributed by atoms with Gasteiger partial charge in [-0.25, -0.2) is 4.99 Å². The molecule has 1 N–H and O–H groups in total. The minimum absolute atomic E-state index is 0.101. The van der Waals surface area contributed by atoms with E-state index in [-0.39, 0.29) is 5.75 Å². The molecule has 0 aromatic carbocycles. The molecule has 9 heavy (non-hydrogen) atoms. The second-order valence-corrected chi connectivity index (χ2v) is 2.61. The zero-order valence-electron chi connectivity index (χ0n) is 4.40. The summed E-state index contributed by atoms with van der Waals surface area (Å²) < 4.78 is 35.0. The third-order valence-corrected chi connectivity index (χ3v) is 1.84. The van der Waals surface area contributed by atoms with Crippen LogP contribution in [0.1, 0.15) is 0 Å². The van der Waals surface area contributed by atoms with E-state index in [4.69, 9.17) is 0 Å². The smallest absolute Gasteiger partial charge is 0.230 e. The van der Waals surface area contributed by atoms with Crippen LogP contribution in [0.4, 0.5) is 13.2 Å². The van der Waals surface area contributed by atoms with Gasteiger partial charge in [-0.1, -0.05) is 11.8 Å². The molecule has 0 aromatic rings. The molecule has 1 rings (SSSR count). The van der Waals surface area contributed by atoms with Crippen LogP contribution >= 0.6 is 11.8 Å². The summed E-state index contributed by atoms with van der Waals surface area (Å²) in [6.45, 7) is 0. The van der Waals surface area contributed by atoms with Gasteiger partial charge in [0.25, 0.3) is 6.04 Å². The van der Waals surface area contributed by atoms with Gasteiger partial charge in [-0.3, -0.25) is 0 Å². The van der Waals surface area contributed by atoms with Gasteiger partial charge in [0.15, 0.2) is 5.55 Å². The van der Waals surface area contributed by atoms with Crippen LogP contribution in [0, 0.1) is 0 Å². The number of alkyl halides is 3. The normalized spacial score (nSPS) is 27.2. The van der Waals surface area contributed by atoms with E-state index in [0.717, 1.165) is 11.8 Å². The van der Waals surface area contributed by atoms with Crippen molar-refractivity contribution in [3.8, 4) is 0 Å². The van der Waals surface area contributed by atoms with E-state index in [1.54, 1.807) is 0 Å². The van der Waals surface area contributed by atoms with Gasteiger partial charge >= 0.3 is 6.18 Å². The molecule has 1 aliphatic heterocycles. The van der Waals surface area contributed by atoms with E-state index in [9.17, 15) is 13.2 Å². The van der Waals surface area contributed by atoms with Crippen LogP contribution < -0.4 is 4.99 Å². The lowest BCUT2D eigenvalue weighted by atomic mass is 10.3. The van der Waals surface area contributed by atoms with Crippen LogP contribution in [0.2, 0.25) is 0 Å². The Labute approximate surface area is 54.3 Å². The van der Waals surface area contributed by atoms with E-state index < -0.39 is 12.2 Å². The molecule has 1 nitrogen and oxygen atoms in total. The Bertz CT molecular complexity index is 130. The van der Waals surface area contributed by atoms with E-state index >= 15 is 0 Å². The molecule has 5 heteroatoms. The first-order valence-electron chi connectivity index (χ1n) is 2.37. The second kappa shape index (κ2) is 2.21. The van der Waals surface area contributed by atoms with Gasteiger partial charge in [-0.15, -0.1) is 0 Å². The highest BCUT2D eigenvalue weighted by Crippen LogP contribution is 2.20. The first-order chi connectivity index (χ1) is 4.11. The molecule has 0 saturated heterocycles. The van der Waals surface area contributed by atoms with Crippen molar-refractivity contribution >= 4 is 17.3 Å². The highest BCUT2D eigenvalue weighted by molar-refractivity contribution is 8.12. The predicted molar refractivity (Wildman–Crippen MR) is 29.3 cm³/mol. The van der Waals surface area contributed by atoms with Gasteiger partial charge in [-0.05, 0) is 0 Å². The summed E-state index contributed by atoms with van der Waals surface area (Å²) in [6, 6.07) is -1.33. The lowest BCUT2D eigenvalue weighted by molar-refractivity contribution is -0.532. The van der Waals surface area contributed by atoms with Crippen LogP contribution in [0.5, 0.6) is 0 Å². The van der Waals surface area contributed by atoms with Crippen LogP contribution in [0.3, 0.4) is 0 Å². The predicted octanol–water partition coefficient (Wildman–Crippen LogP) is -0.227. The summed E-state index contributed by atoms with van der Waals surface area (Å²) in [6.07, 6.45) is -4.08. The van der Waals surface area contributed by atoms with Gasteiger partial charge in [-0.2, -0.15) is 13.2 Å². The molecular weight excluding hydrogens is 151 g/mol. The molecule has 0 aliphatic carbocycles. The number of hydrogen-bond acceptors (Lipinski definition) is 1. The zero-order valence-corrected chi connectivity index (χ0v) is 5.22. The lowest BCUT2D eigenvalue weighted by Gasteiger charge is -2.04. The van der Waals surface area contributed by atoms with Crippen molar-refractivity contribution in [2.75, 3.05) is 5.75 Å². The molecule has 1 aliphatic rings. The first-order valence-corrected chi connectivity index (χ1v) is 3.41. The Morgan fingerprint density at radius 2 is 2.22 bits per heavy atom. The molecule has 52 valence electrons. The van der Waals surface area contributed by atoms with Gasteiger partial charge in [0.05, 0.1) is 5.75 Å². The summed E-state index contributed by atoms with van der Waals surface area (Å²) >= 11 is 1.15. The maximum atomic E-state index is 11.7. The number of hydrogen-bond donors (Lipinski definition) is 1. The monoisotopic (exact) mass is 156 g/mol. The molecule has 1 heterocycles.